The van der Waals surface area contributed by atoms with Crippen molar-refractivity contribution in [1.29, 1.82) is 0 Å². The van der Waals surface area contributed by atoms with Crippen LogP contribution in [0, 0.1) is 11.8 Å². The molecule has 0 radical (unpaired) electrons. The molecule has 2 atom stereocenters. The van der Waals surface area contributed by atoms with E-state index < -0.39 is 0 Å². The number of rotatable bonds is 1. The molecule has 98 valence electrons. The molecule has 2 nitrogen and oxygen atoms in total. The zero-order chi connectivity index (χ0) is 11.7. The van der Waals surface area contributed by atoms with Crippen LogP contribution in [0.4, 0.5) is 0 Å². The van der Waals surface area contributed by atoms with Crippen LogP contribution >= 0.6 is 0 Å². The lowest BCUT2D eigenvalue weighted by molar-refractivity contribution is 0.0424. The Balaban J connectivity index is 1.54. The molecule has 17 heavy (non-hydrogen) atoms. The van der Waals surface area contributed by atoms with Gasteiger partial charge in [-0.25, -0.2) is 0 Å². The maximum absolute atomic E-state index is 6.01. The van der Waals surface area contributed by atoms with Crippen molar-refractivity contribution < 1.29 is 0 Å². The number of nitrogens with two attached hydrogens (primary N) is 1. The van der Waals surface area contributed by atoms with Crippen molar-refractivity contribution in [3.8, 4) is 0 Å². The van der Waals surface area contributed by atoms with E-state index in [0.717, 1.165) is 17.9 Å². The van der Waals surface area contributed by atoms with Crippen molar-refractivity contribution in [2.24, 2.45) is 17.6 Å². The van der Waals surface area contributed by atoms with Crippen LogP contribution in [0.3, 0.4) is 0 Å². The highest BCUT2D eigenvalue weighted by atomic mass is 15.2. The summed E-state index contributed by atoms with van der Waals surface area (Å²) in [4.78, 5) is 2.82. The topological polar surface area (TPSA) is 29.3 Å². The molecule has 1 heterocycles. The van der Waals surface area contributed by atoms with Gasteiger partial charge < -0.3 is 10.6 Å². The molecule has 3 fully saturated rings. The molecule has 2 heteroatoms. The molecule has 2 saturated carbocycles. The van der Waals surface area contributed by atoms with Crippen molar-refractivity contribution in [1.82, 2.24) is 4.90 Å². The van der Waals surface area contributed by atoms with Crippen LogP contribution in [0.15, 0.2) is 0 Å². The highest BCUT2D eigenvalue weighted by molar-refractivity contribution is 4.88. The van der Waals surface area contributed by atoms with Gasteiger partial charge in [0.2, 0.25) is 0 Å². The molecule has 2 N–H and O–H groups in total. The lowest BCUT2D eigenvalue weighted by atomic mass is 9.74. The normalized spacial score (nSPS) is 44.3. The van der Waals surface area contributed by atoms with E-state index in [1.165, 1.54) is 70.9 Å². The summed E-state index contributed by atoms with van der Waals surface area (Å²) in [5.74, 6) is 2.11. The van der Waals surface area contributed by atoms with E-state index in [-0.39, 0.29) is 0 Å². The Hall–Kier alpha value is -0.0800. The van der Waals surface area contributed by atoms with Gasteiger partial charge in [-0.2, -0.15) is 0 Å². The van der Waals surface area contributed by atoms with Crippen LogP contribution in [0.25, 0.3) is 0 Å². The van der Waals surface area contributed by atoms with Gasteiger partial charge in [-0.15, -0.1) is 0 Å². The van der Waals surface area contributed by atoms with E-state index in [1.807, 2.05) is 0 Å². The molecule has 1 aliphatic heterocycles. The molecule has 0 aromatic carbocycles. The summed E-state index contributed by atoms with van der Waals surface area (Å²) in [5.41, 5.74) is 6.01. The van der Waals surface area contributed by atoms with Gasteiger partial charge >= 0.3 is 0 Å². The van der Waals surface area contributed by atoms with E-state index in [1.54, 1.807) is 0 Å². The summed E-state index contributed by atoms with van der Waals surface area (Å²) in [7, 11) is 0. The summed E-state index contributed by atoms with van der Waals surface area (Å²) in [6, 6.07) is 1.37. The number of piperidine rings is 1. The molecule has 0 spiro atoms. The Morgan fingerprint density at radius 1 is 0.765 bits per heavy atom. The number of hydrogen-bond acceptors (Lipinski definition) is 2. The third-order valence-electron chi connectivity index (χ3n) is 5.58. The zero-order valence-electron chi connectivity index (χ0n) is 11.1. The van der Waals surface area contributed by atoms with E-state index in [0.29, 0.717) is 6.04 Å². The smallest absolute Gasteiger partial charge is 0.00965 e. The second-order valence-corrected chi connectivity index (χ2v) is 6.66. The molecule has 2 unspecified atom stereocenters. The number of nitrogens with zero attached hydrogens (tertiary/aromatic N) is 1. The van der Waals surface area contributed by atoms with E-state index in [4.69, 9.17) is 5.73 Å². The molecule has 3 aliphatic rings. The van der Waals surface area contributed by atoms with Crippen molar-refractivity contribution in [3.63, 3.8) is 0 Å². The van der Waals surface area contributed by atoms with Crippen LogP contribution in [-0.4, -0.2) is 30.1 Å². The minimum Gasteiger partial charge on any atom is -0.328 e. The van der Waals surface area contributed by atoms with Gasteiger partial charge in [-0.3, -0.25) is 0 Å². The summed E-state index contributed by atoms with van der Waals surface area (Å²) < 4.78 is 0. The first kappa shape index (κ1) is 12.0. The monoisotopic (exact) mass is 236 g/mol. The summed E-state index contributed by atoms with van der Waals surface area (Å²) in [6.07, 6.45) is 12.7. The average Bonchev–Trinajstić information content (AvgIpc) is 2.39. The van der Waals surface area contributed by atoms with Crippen molar-refractivity contribution in [2.45, 2.75) is 69.9 Å². The third-order valence-corrected chi connectivity index (χ3v) is 5.58. The molecule has 0 amide bonds. The first-order valence-electron chi connectivity index (χ1n) is 7.82. The van der Waals surface area contributed by atoms with Crippen molar-refractivity contribution in [2.75, 3.05) is 13.1 Å². The molecule has 0 bridgehead atoms. The Kier molecular flexibility index (Phi) is 3.72. The number of hydrogen-bond donors (Lipinski definition) is 1. The van der Waals surface area contributed by atoms with Crippen LogP contribution in [0.5, 0.6) is 0 Å². The summed E-state index contributed by atoms with van der Waals surface area (Å²) in [6.45, 7) is 2.78. The molecule has 0 aromatic heterocycles. The second-order valence-electron chi connectivity index (χ2n) is 6.66. The number of likely N-dealkylation sites (tertiary alicyclic amines) is 1. The van der Waals surface area contributed by atoms with Crippen molar-refractivity contribution in [3.05, 3.63) is 0 Å². The standard InChI is InChI=1S/C15H28N2/c16-14-5-7-15(8-6-14)17-10-9-12-3-1-2-4-13(12)11-17/h12-15H,1-11,16H2. The van der Waals surface area contributed by atoms with Crippen molar-refractivity contribution >= 4 is 0 Å². The molecular weight excluding hydrogens is 208 g/mol. The fraction of sp³-hybridized carbons (Fsp3) is 1.00. The van der Waals surface area contributed by atoms with E-state index in [9.17, 15) is 0 Å². The predicted octanol–water partition coefficient (Wildman–Crippen LogP) is 2.77. The minimum atomic E-state index is 0.499. The largest absolute Gasteiger partial charge is 0.328 e. The maximum atomic E-state index is 6.01. The lowest BCUT2D eigenvalue weighted by Crippen LogP contribution is -2.48. The van der Waals surface area contributed by atoms with Gasteiger partial charge in [0, 0.05) is 18.6 Å². The lowest BCUT2D eigenvalue weighted by Gasteiger charge is -2.45. The minimum absolute atomic E-state index is 0.499. The van der Waals surface area contributed by atoms with Gasteiger partial charge in [-0.1, -0.05) is 19.3 Å². The second kappa shape index (κ2) is 5.27. The fourth-order valence-electron chi connectivity index (χ4n) is 4.43. The van der Waals surface area contributed by atoms with Crippen LogP contribution in [0.2, 0.25) is 0 Å². The van der Waals surface area contributed by atoms with Gasteiger partial charge in [0.15, 0.2) is 0 Å². The molecule has 1 saturated heterocycles. The highest BCUT2D eigenvalue weighted by Crippen LogP contribution is 2.37. The molecule has 3 rings (SSSR count). The molecule has 2 aliphatic carbocycles. The van der Waals surface area contributed by atoms with E-state index in [2.05, 4.69) is 4.90 Å². The van der Waals surface area contributed by atoms with Gasteiger partial charge in [0.25, 0.3) is 0 Å². The first-order valence-corrected chi connectivity index (χ1v) is 7.82. The average molecular weight is 236 g/mol. The first-order chi connectivity index (χ1) is 8.33. The maximum Gasteiger partial charge on any atom is 0.00965 e. The van der Waals surface area contributed by atoms with Gasteiger partial charge in [0.1, 0.15) is 0 Å². The highest BCUT2D eigenvalue weighted by Gasteiger charge is 2.34. The number of fused-ring (bicyclic) bond motifs is 1. The van der Waals surface area contributed by atoms with Crippen LogP contribution in [-0.2, 0) is 0 Å². The summed E-state index contributed by atoms with van der Waals surface area (Å²) in [5, 5.41) is 0. The Bertz CT molecular complexity index is 245. The fourth-order valence-corrected chi connectivity index (χ4v) is 4.43. The Labute approximate surface area is 106 Å². The Morgan fingerprint density at radius 2 is 1.47 bits per heavy atom. The summed E-state index contributed by atoms with van der Waals surface area (Å²) >= 11 is 0. The predicted molar refractivity (Wildman–Crippen MR) is 71.9 cm³/mol. The zero-order valence-corrected chi connectivity index (χ0v) is 11.1. The molecular formula is C15H28N2. The third kappa shape index (κ3) is 2.68. The SMILES string of the molecule is NC1CCC(N2CCC3CCCCC3C2)CC1. The van der Waals surface area contributed by atoms with Crippen LogP contribution < -0.4 is 5.73 Å². The van der Waals surface area contributed by atoms with Gasteiger partial charge in [0.05, 0.1) is 0 Å². The van der Waals surface area contributed by atoms with E-state index >= 15 is 0 Å². The quantitative estimate of drug-likeness (QED) is 0.758. The van der Waals surface area contributed by atoms with Gasteiger partial charge in [-0.05, 0) is 56.9 Å². The molecule has 0 aromatic rings. The Morgan fingerprint density at radius 3 is 2.24 bits per heavy atom. The van der Waals surface area contributed by atoms with Crippen LogP contribution in [0.1, 0.15) is 57.8 Å².